The van der Waals surface area contributed by atoms with Crippen molar-refractivity contribution in [2.75, 3.05) is 18.0 Å². The molecule has 0 amide bonds. The molecule has 0 bridgehead atoms. The van der Waals surface area contributed by atoms with Crippen LogP contribution in [-0.4, -0.2) is 24.0 Å². The van der Waals surface area contributed by atoms with Gasteiger partial charge in [-0.1, -0.05) is 11.3 Å². The van der Waals surface area contributed by atoms with Gasteiger partial charge in [0.2, 0.25) is 0 Å². The standard InChI is InChI=1S/C17H15BrN2O2S2/c18-15-7-6-13(23-15)16(21)22-11-4-5-12-14(10-11)24-17(19-12)20-8-2-1-3-9-20/h4-7,10H,1-3,8-9H2. The Bertz CT molecular complexity index is 884. The van der Waals surface area contributed by atoms with Crippen molar-refractivity contribution in [3.63, 3.8) is 0 Å². The third kappa shape index (κ3) is 3.34. The Morgan fingerprint density at radius 1 is 1.12 bits per heavy atom. The van der Waals surface area contributed by atoms with Gasteiger partial charge < -0.3 is 9.64 Å². The predicted octanol–water partition coefficient (Wildman–Crippen LogP) is 5.33. The van der Waals surface area contributed by atoms with Crippen LogP contribution in [0.3, 0.4) is 0 Å². The molecule has 0 aliphatic carbocycles. The number of halogens is 1. The minimum atomic E-state index is -0.328. The molecule has 1 saturated heterocycles. The Morgan fingerprint density at radius 2 is 1.96 bits per heavy atom. The molecule has 1 aliphatic rings. The van der Waals surface area contributed by atoms with E-state index in [-0.39, 0.29) is 5.97 Å². The normalized spacial score (nSPS) is 15.0. The molecule has 1 fully saturated rings. The first-order valence-electron chi connectivity index (χ1n) is 7.82. The molecule has 0 spiro atoms. The van der Waals surface area contributed by atoms with Gasteiger partial charge in [-0.3, -0.25) is 0 Å². The number of hydrogen-bond acceptors (Lipinski definition) is 6. The molecule has 0 radical (unpaired) electrons. The van der Waals surface area contributed by atoms with Gasteiger partial charge in [0.15, 0.2) is 5.13 Å². The van der Waals surface area contributed by atoms with Crippen molar-refractivity contribution in [2.24, 2.45) is 0 Å². The molecule has 7 heteroatoms. The molecule has 24 heavy (non-hydrogen) atoms. The van der Waals surface area contributed by atoms with Crippen LogP contribution in [0, 0.1) is 0 Å². The van der Waals surface area contributed by atoms with Crippen LogP contribution >= 0.6 is 38.6 Å². The van der Waals surface area contributed by atoms with Gasteiger partial charge in [0.05, 0.1) is 14.0 Å². The number of thiazole rings is 1. The number of esters is 1. The van der Waals surface area contributed by atoms with E-state index < -0.39 is 0 Å². The summed E-state index contributed by atoms with van der Waals surface area (Å²) in [6.07, 6.45) is 3.77. The first kappa shape index (κ1) is 16.1. The molecular weight excluding hydrogens is 408 g/mol. The van der Waals surface area contributed by atoms with Gasteiger partial charge in [-0.25, -0.2) is 9.78 Å². The highest BCUT2D eigenvalue weighted by Gasteiger charge is 2.16. The van der Waals surface area contributed by atoms with E-state index in [0.29, 0.717) is 10.6 Å². The van der Waals surface area contributed by atoms with Crippen LogP contribution in [0.1, 0.15) is 28.9 Å². The van der Waals surface area contributed by atoms with Gasteiger partial charge in [-0.15, -0.1) is 11.3 Å². The van der Waals surface area contributed by atoms with Gasteiger partial charge in [-0.2, -0.15) is 0 Å². The number of fused-ring (bicyclic) bond motifs is 1. The highest BCUT2D eigenvalue weighted by Crippen LogP contribution is 2.33. The topological polar surface area (TPSA) is 42.4 Å². The smallest absolute Gasteiger partial charge is 0.353 e. The first-order valence-corrected chi connectivity index (χ1v) is 10.2. The number of thiophene rings is 1. The molecule has 1 aromatic carbocycles. The molecule has 0 N–H and O–H groups in total. The quantitative estimate of drug-likeness (QED) is 0.422. The zero-order chi connectivity index (χ0) is 16.5. The number of anilines is 1. The Hall–Kier alpha value is -1.44. The average molecular weight is 423 g/mol. The summed E-state index contributed by atoms with van der Waals surface area (Å²) in [6, 6.07) is 9.24. The van der Waals surface area contributed by atoms with Gasteiger partial charge in [0.25, 0.3) is 0 Å². The fraction of sp³-hybridized carbons (Fsp3) is 0.294. The lowest BCUT2D eigenvalue weighted by molar-refractivity contribution is 0.0740. The number of rotatable bonds is 3. The van der Waals surface area contributed by atoms with Crippen LogP contribution in [0.2, 0.25) is 0 Å². The third-order valence-electron chi connectivity index (χ3n) is 3.96. The maximum absolute atomic E-state index is 12.2. The molecule has 4 rings (SSSR count). The highest BCUT2D eigenvalue weighted by molar-refractivity contribution is 9.11. The fourth-order valence-corrected chi connectivity index (χ4v) is 5.07. The van der Waals surface area contributed by atoms with Crippen molar-refractivity contribution in [1.29, 1.82) is 0 Å². The second-order valence-corrected chi connectivity index (χ2v) is 9.14. The Kier molecular flexibility index (Phi) is 4.56. The minimum Gasteiger partial charge on any atom is -0.422 e. The van der Waals surface area contributed by atoms with E-state index in [0.717, 1.165) is 32.2 Å². The molecule has 0 atom stereocenters. The summed E-state index contributed by atoms with van der Waals surface area (Å²) in [4.78, 5) is 19.8. The minimum absolute atomic E-state index is 0.328. The Morgan fingerprint density at radius 3 is 2.71 bits per heavy atom. The zero-order valence-electron chi connectivity index (χ0n) is 12.8. The van der Waals surface area contributed by atoms with Crippen molar-refractivity contribution >= 4 is 59.9 Å². The van der Waals surface area contributed by atoms with Crippen LogP contribution in [0.4, 0.5) is 5.13 Å². The highest BCUT2D eigenvalue weighted by atomic mass is 79.9. The van der Waals surface area contributed by atoms with Crippen molar-refractivity contribution in [2.45, 2.75) is 19.3 Å². The second-order valence-electron chi connectivity index (χ2n) is 5.67. The Labute approximate surface area is 156 Å². The van der Waals surface area contributed by atoms with Gasteiger partial charge >= 0.3 is 5.97 Å². The summed E-state index contributed by atoms with van der Waals surface area (Å²) in [7, 11) is 0. The van der Waals surface area contributed by atoms with Crippen molar-refractivity contribution < 1.29 is 9.53 Å². The molecular formula is C17H15BrN2O2S2. The zero-order valence-corrected chi connectivity index (χ0v) is 16.0. The number of carbonyl (C=O) groups is 1. The van der Waals surface area contributed by atoms with E-state index in [1.807, 2.05) is 24.3 Å². The summed E-state index contributed by atoms with van der Waals surface area (Å²) in [5.41, 5.74) is 0.958. The van der Waals surface area contributed by atoms with E-state index in [4.69, 9.17) is 9.72 Å². The van der Waals surface area contributed by atoms with Crippen molar-refractivity contribution in [3.05, 3.63) is 39.0 Å². The van der Waals surface area contributed by atoms with Crippen LogP contribution in [0.25, 0.3) is 10.2 Å². The third-order valence-corrected chi connectivity index (χ3v) is 6.64. The molecule has 0 unspecified atom stereocenters. The van der Waals surface area contributed by atoms with Crippen LogP contribution in [-0.2, 0) is 0 Å². The molecule has 0 saturated carbocycles. The van der Waals surface area contributed by atoms with E-state index in [9.17, 15) is 4.79 Å². The molecule has 124 valence electrons. The van der Waals surface area contributed by atoms with Gasteiger partial charge in [0.1, 0.15) is 10.6 Å². The van der Waals surface area contributed by atoms with Crippen LogP contribution in [0.5, 0.6) is 5.75 Å². The Balaban J connectivity index is 1.55. The van der Waals surface area contributed by atoms with E-state index in [2.05, 4.69) is 20.8 Å². The van der Waals surface area contributed by atoms with Gasteiger partial charge in [-0.05, 0) is 59.5 Å². The maximum Gasteiger partial charge on any atom is 0.353 e. The van der Waals surface area contributed by atoms with Crippen molar-refractivity contribution in [3.8, 4) is 5.75 Å². The lowest BCUT2D eigenvalue weighted by Gasteiger charge is -2.25. The maximum atomic E-state index is 12.2. The summed E-state index contributed by atoms with van der Waals surface area (Å²) >= 11 is 6.39. The SMILES string of the molecule is O=C(Oc1ccc2nc(N3CCCCC3)sc2c1)c1ccc(Br)s1. The number of carbonyl (C=O) groups excluding carboxylic acids is 1. The van der Waals surface area contributed by atoms with E-state index in [1.54, 1.807) is 17.4 Å². The summed E-state index contributed by atoms with van der Waals surface area (Å²) in [5.74, 6) is 0.233. The number of nitrogens with zero attached hydrogens (tertiary/aromatic N) is 2. The number of ether oxygens (including phenoxy) is 1. The number of hydrogen-bond donors (Lipinski definition) is 0. The fourth-order valence-electron chi connectivity index (χ4n) is 2.76. The molecule has 4 nitrogen and oxygen atoms in total. The molecule has 1 aliphatic heterocycles. The number of benzene rings is 1. The lowest BCUT2D eigenvalue weighted by atomic mass is 10.1. The summed E-state index contributed by atoms with van der Waals surface area (Å²) < 4.78 is 7.46. The van der Waals surface area contributed by atoms with Gasteiger partial charge in [0, 0.05) is 19.2 Å². The number of piperidine rings is 1. The van der Waals surface area contributed by atoms with E-state index in [1.165, 1.54) is 30.6 Å². The summed E-state index contributed by atoms with van der Waals surface area (Å²) in [5, 5.41) is 1.07. The molecule has 3 heterocycles. The van der Waals surface area contributed by atoms with E-state index >= 15 is 0 Å². The van der Waals surface area contributed by atoms with Crippen LogP contribution in [0.15, 0.2) is 34.1 Å². The largest absolute Gasteiger partial charge is 0.422 e. The molecule has 2 aromatic heterocycles. The average Bonchev–Trinajstić information content (AvgIpc) is 3.21. The summed E-state index contributed by atoms with van der Waals surface area (Å²) in [6.45, 7) is 2.16. The molecule has 3 aromatic rings. The second kappa shape index (κ2) is 6.82. The van der Waals surface area contributed by atoms with Crippen LogP contribution < -0.4 is 9.64 Å². The predicted molar refractivity (Wildman–Crippen MR) is 103 cm³/mol. The lowest BCUT2D eigenvalue weighted by Crippen LogP contribution is -2.29. The first-order chi connectivity index (χ1) is 11.7. The van der Waals surface area contributed by atoms with Crippen molar-refractivity contribution in [1.82, 2.24) is 4.98 Å². The number of aromatic nitrogens is 1. The monoisotopic (exact) mass is 422 g/mol.